The van der Waals surface area contributed by atoms with Gasteiger partial charge in [0.25, 0.3) is 0 Å². The topological polar surface area (TPSA) is 55.0 Å². The van der Waals surface area contributed by atoms with Gasteiger partial charge in [-0.1, -0.05) is 23.7 Å². The van der Waals surface area contributed by atoms with Crippen molar-refractivity contribution in [3.05, 3.63) is 64.4 Å². The van der Waals surface area contributed by atoms with Crippen molar-refractivity contribution in [3.8, 4) is 0 Å². The number of carbonyl (C=O) groups is 1. The molecule has 1 aromatic carbocycles. The first-order valence-corrected chi connectivity index (χ1v) is 6.88. The van der Waals surface area contributed by atoms with Crippen molar-refractivity contribution in [3.63, 3.8) is 0 Å². The fourth-order valence-electron chi connectivity index (χ4n) is 2.20. The average Bonchev–Trinajstić information content (AvgIpc) is 2.94. The van der Waals surface area contributed by atoms with E-state index < -0.39 is 0 Å². The summed E-state index contributed by atoms with van der Waals surface area (Å²) in [6.07, 6.45) is 3.32. The summed E-state index contributed by atoms with van der Waals surface area (Å²) in [5, 5.41) is 1.35. The first-order chi connectivity index (χ1) is 10.2. The molecular formula is C16H13ClN2O2. The smallest absolute Gasteiger partial charge is 0.339 e. The van der Waals surface area contributed by atoms with E-state index in [0.717, 1.165) is 16.5 Å². The molecule has 3 rings (SSSR count). The molecule has 0 unspecified atom stereocenters. The van der Waals surface area contributed by atoms with Crippen LogP contribution in [-0.2, 0) is 11.3 Å². The summed E-state index contributed by atoms with van der Waals surface area (Å²) in [7, 11) is 0. The zero-order valence-corrected chi connectivity index (χ0v) is 12.1. The number of hydrogen-bond acceptors (Lipinski definition) is 3. The van der Waals surface area contributed by atoms with E-state index in [0.29, 0.717) is 16.2 Å². The normalized spacial score (nSPS) is 10.8. The van der Waals surface area contributed by atoms with Gasteiger partial charge in [0, 0.05) is 28.4 Å². The molecule has 2 heterocycles. The second-order valence-electron chi connectivity index (χ2n) is 4.71. The maximum Gasteiger partial charge on any atom is 0.339 e. The number of esters is 1. The van der Waals surface area contributed by atoms with Gasteiger partial charge >= 0.3 is 5.97 Å². The molecular weight excluding hydrogens is 288 g/mol. The van der Waals surface area contributed by atoms with E-state index in [4.69, 9.17) is 16.3 Å². The third-order valence-electron chi connectivity index (χ3n) is 3.38. The molecule has 0 fully saturated rings. The molecule has 0 radical (unpaired) electrons. The highest BCUT2D eigenvalue weighted by molar-refractivity contribution is 6.31. The Labute approximate surface area is 126 Å². The monoisotopic (exact) mass is 300 g/mol. The first-order valence-electron chi connectivity index (χ1n) is 6.50. The molecule has 21 heavy (non-hydrogen) atoms. The molecule has 3 aromatic rings. The quantitative estimate of drug-likeness (QED) is 0.747. The standard InChI is InChI=1S/C16H13ClN2O2/c1-10-3-2-4-14(17)13(10)9-21-16(20)12-6-8-19-15-11(12)5-7-18-15/h2-8H,9H2,1H3,(H,18,19). The van der Waals surface area contributed by atoms with Gasteiger partial charge in [0.15, 0.2) is 0 Å². The van der Waals surface area contributed by atoms with E-state index in [1.54, 1.807) is 30.6 Å². The lowest BCUT2D eigenvalue weighted by Gasteiger charge is -2.09. The van der Waals surface area contributed by atoms with Crippen molar-refractivity contribution < 1.29 is 9.53 Å². The predicted molar refractivity (Wildman–Crippen MR) is 81.4 cm³/mol. The number of pyridine rings is 1. The van der Waals surface area contributed by atoms with Crippen molar-refractivity contribution in [1.29, 1.82) is 0 Å². The van der Waals surface area contributed by atoms with Gasteiger partial charge in [-0.3, -0.25) is 0 Å². The number of aryl methyl sites for hydroxylation is 1. The SMILES string of the molecule is Cc1cccc(Cl)c1COC(=O)c1ccnc2[nH]ccc12. The molecule has 0 aliphatic carbocycles. The summed E-state index contributed by atoms with van der Waals surface area (Å²) in [6, 6.07) is 9.05. The van der Waals surface area contributed by atoms with Gasteiger partial charge in [-0.25, -0.2) is 9.78 Å². The van der Waals surface area contributed by atoms with Crippen LogP contribution in [-0.4, -0.2) is 15.9 Å². The van der Waals surface area contributed by atoms with Crippen LogP contribution in [0.3, 0.4) is 0 Å². The van der Waals surface area contributed by atoms with Crippen LogP contribution in [0.15, 0.2) is 42.7 Å². The molecule has 0 saturated heterocycles. The molecule has 0 aliphatic rings. The third kappa shape index (κ3) is 2.62. The van der Waals surface area contributed by atoms with Crippen molar-refractivity contribution in [2.24, 2.45) is 0 Å². The molecule has 0 saturated carbocycles. The number of aromatic amines is 1. The maximum atomic E-state index is 12.2. The summed E-state index contributed by atoms with van der Waals surface area (Å²) in [5.74, 6) is -0.388. The number of ether oxygens (including phenoxy) is 1. The van der Waals surface area contributed by atoms with Crippen molar-refractivity contribution >= 4 is 28.6 Å². The summed E-state index contributed by atoms with van der Waals surface area (Å²) in [5.41, 5.74) is 2.98. The summed E-state index contributed by atoms with van der Waals surface area (Å²) < 4.78 is 5.39. The molecule has 106 valence electrons. The van der Waals surface area contributed by atoms with Crippen LogP contribution in [0.1, 0.15) is 21.5 Å². The Morgan fingerprint density at radius 3 is 3.00 bits per heavy atom. The van der Waals surface area contributed by atoms with Crippen LogP contribution >= 0.6 is 11.6 Å². The number of aromatic nitrogens is 2. The van der Waals surface area contributed by atoms with E-state index in [1.165, 1.54) is 0 Å². The maximum absolute atomic E-state index is 12.2. The molecule has 0 bridgehead atoms. The third-order valence-corrected chi connectivity index (χ3v) is 3.73. The molecule has 1 N–H and O–H groups in total. The highest BCUT2D eigenvalue weighted by Gasteiger charge is 2.14. The lowest BCUT2D eigenvalue weighted by atomic mass is 10.1. The Bertz CT molecular complexity index is 791. The van der Waals surface area contributed by atoms with E-state index in [-0.39, 0.29) is 12.6 Å². The zero-order valence-electron chi connectivity index (χ0n) is 11.4. The minimum atomic E-state index is -0.388. The molecule has 0 aliphatic heterocycles. The second kappa shape index (κ2) is 5.58. The Morgan fingerprint density at radius 2 is 2.19 bits per heavy atom. The molecule has 0 spiro atoms. The molecule has 0 amide bonds. The minimum Gasteiger partial charge on any atom is -0.457 e. The number of benzene rings is 1. The number of halogens is 1. The fraction of sp³-hybridized carbons (Fsp3) is 0.125. The predicted octanol–water partition coefficient (Wildman–Crippen LogP) is 3.88. The largest absolute Gasteiger partial charge is 0.457 e. The minimum absolute atomic E-state index is 0.151. The van der Waals surface area contributed by atoms with Crippen LogP contribution < -0.4 is 0 Å². The Balaban J connectivity index is 1.83. The Hall–Kier alpha value is -2.33. The van der Waals surface area contributed by atoms with Crippen molar-refractivity contribution in [2.75, 3.05) is 0 Å². The Kier molecular flexibility index (Phi) is 3.62. The van der Waals surface area contributed by atoms with Crippen LogP contribution in [0.4, 0.5) is 0 Å². The second-order valence-corrected chi connectivity index (χ2v) is 5.12. The number of rotatable bonds is 3. The first kappa shape index (κ1) is 13.6. The number of fused-ring (bicyclic) bond motifs is 1. The molecule has 4 nitrogen and oxygen atoms in total. The van der Waals surface area contributed by atoms with Crippen LogP contribution in [0.5, 0.6) is 0 Å². The van der Waals surface area contributed by atoms with Crippen LogP contribution in [0, 0.1) is 6.92 Å². The highest BCUT2D eigenvalue weighted by Crippen LogP contribution is 2.22. The Morgan fingerprint density at radius 1 is 1.33 bits per heavy atom. The van der Waals surface area contributed by atoms with E-state index >= 15 is 0 Å². The van der Waals surface area contributed by atoms with Gasteiger partial charge in [0.05, 0.1) is 5.56 Å². The molecule has 5 heteroatoms. The molecule has 2 aromatic heterocycles. The van der Waals surface area contributed by atoms with Gasteiger partial charge in [-0.15, -0.1) is 0 Å². The number of nitrogens with one attached hydrogen (secondary N) is 1. The van der Waals surface area contributed by atoms with Crippen LogP contribution in [0.25, 0.3) is 11.0 Å². The van der Waals surface area contributed by atoms with E-state index in [1.807, 2.05) is 19.1 Å². The van der Waals surface area contributed by atoms with Crippen molar-refractivity contribution in [2.45, 2.75) is 13.5 Å². The molecule has 0 atom stereocenters. The summed E-state index contributed by atoms with van der Waals surface area (Å²) >= 11 is 6.13. The summed E-state index contributed by atoms with van der Waals surface area (Å²) in [6.45, 7) is 2.09. The van der Waals surface area contributed by atoms with Crippen molar-refractivity contribution in [1.82, 2.24) is 9.97 Å². The van der Waals surface area contributed by atoms with Gasteiger partial charge in [-0.2, -0.15) is 0 Å². The number of H-pyrrole nitrogens is 1. The lowest BCUT2D eigenvalue weighted by molar-refractivity contribution is 0.0474. The summed E-state index contributed by atoms with van der Waals surface area (Å²) in [4.78, 5) is 19.4. The van der Waals surface area contributed by atoms with E-state index in [9.17, 15) is 4.79 Å². The zero-order chi connectivity index (χ0) is 14.8. The highest BCUT2D eigenvalue weighted by atomic mass is 35.5. The number of nitrogens with zero attached hydrogens (tertiary/aromatic N) is 1. The average molecular weight is 301 g/mol. The lowest BCUT2D eigenvalue weighted by Crippen LogP contribution is -2.07. The number of carbonyl (C=O) groups excluding carboxylic acids is 1. The fourth-order valence-corrected chi connectivity index (χ4v) is 2.48. The van der Waals surface area contributed by atoms with Gasteiger partial charge in [0.2, 0.25) is 0 Å². The van der Waals surface area contributed by atoms with Gasteiger partial charge in [0.1, 0.15) is 12.3 Å². The van der Waals surface area contributed by atoms with Crippen LogP contribution in [0.2, 0.25) is 5.02 Å². The number of hydrogen-bond donors (Lipinski definition) is 1. The van der Waals surface area contributed by atoms with Gasteiger partial charge in [-0.05, 0) is 30.7 Å². The van der Waals surface area contributed by atoms with E-state index in [2.05, 4.69) is 9.97 Å². The van der Waals surface area contributed by atoms with Gasteiger partial charge < -0.3 is 9.72 Å².